The lowest BCUT2D eigenvalue weighted by atomic mass is 9.80. The fraction of sp³-hybridized carbons (Fsp3) is 0.350. The van der Waals surface area contributed by atoms with E-state index in [9.17, 15) is 4.79 Å². The van der Waals surface area contributed by atoms with Gasteiger partial charge in [-0.15, -0.1) is 0 Å². The van der Waals surface area contributed by atoms with Crippen LogP contribution in [-0.2, 0) is 11.3 Å². The van der Waals surface area contributed by atoms with E-state index < -0.39 is 6.09 Å². The van der Waals surface area contributed by atoms with E-state index in [1.54, 1.807) is 7.11 Å². The Hall–Kier alpha value is -2.69. The molecule has 2 aromatic carbocycles. The van der Waals surface area contributed by atoms with Crippen LogP contribution in [0.25, 0.3) is 0 Å². The average molecular weight is 341 g/mol. The molecule has 1 fully saturated rings. The van der Waals surface area contributed by atoms with Crippen LogP contribution in [0.1, 0.15) is 31.0 Å². The highest BCUT2D eigenvalue weighted by atomic mass is 16.6. The van der Waals surface area contributed by atoms with E-state index >= 15 is 0 Å². The molecule has 5 nitrogen and oxygen atoms in total. The number of hydrogen-bond acceptors (Lipinski definition) is 4. The van der Waals surface area contributed by atoms with Gasteiger partial charge in [0, 0.05) is 5.41 Å². The molecule has 0 radical (unpaired) electrons. The molecule has 0 unspecified atom stereocenters. The molecule has 25 heavy (non-hydrogen) atoms. The summed E-state index contributed by atoms with van der Waals surface area (Å²) in [5.74, 6) is 1.32. The predicted molar refractivity (Wildman–Crippen MR) is 94.8 cm³/mol. The van der Waals surface area contributed by atoms with Gasteiger partial charge in [-0.1, -0.05) is 50.2 Å². The number of carbonyl (C=O) groups excluding carboxylic acids is 1. The number of ether oxygens (including phenoxy) is 3. The Balaban J connectivity index is 1.85. The maximum Gasteiger partial charge on any atom is 0.407 e. The third-order valence-corrected chi connectivity index (χ3v) is 4.38. The lowest BCUT2D eigenvalue weighted by molar-refractivity contribution is 0.0386. The summed E-state index contributed by atoms with van der Waals surface area (Å²) < 4.78 is 16.5. The average Bonchev–Trinajstić information content (AvgIpc) is 2.62. The Morgan fingerprint density at radius 3 is 2.64 bits per heavy atom. The minimum Gasteiger partial charge on any atom is -0.493 e. The Morgan fingerprint density at radius 1 is 1.16 bits per heavy atom. The number of amides is 1. The molecule has 1 saturated heterocycles. The topological polar surface area (TPSA) is 56.8 Å². The van der Waals surface area contributed by atoms with Crippen LogP contribution in [0.15, 0.2) is 48.5 Å². The third kappa shape index (κ3) is 3.87. The summed E-state index contributed by atoms with van der Waals surface area (Å²) in [7, 11) is 1.62. The van der Waals surface area contributed by atoms with Gasteiger partial charge in [0.05, 0.1) is 13.2 Å². The lowest BCUT2D eigenvalue weighted by Crippen LogP contribution is -2.46. The molecule has 5 heteroatoms. The second-order valence-electron chi connectivity index (χ2n) is 6.83. The van der Waals surface area contributed by atoms with Crippen molar-refractivity contribution in [1.29, 1.82) is 0 Å². The van der Waals surface area contributed by atoms with E-state index in [4.69, 9.17) is 14.2 Å². The molecule has 132 valence electrons. The van der Waals surface area contributed by atoms with Gasteiger partial charge in [-0.2, -0.15) is 0 Å². The van der Waals surface area contributed by atoms with Crippen molar-refractivity contribution >= 4 is 6.09 Å². The highest BCUT2D eigenvalue weighted by Gasteiger charge is 2.38. The summed E-state index contributed by atoms with van der Waals surface area (Å²) in [6.45, 7) is 4.94. The van der Waals surface area contributed by atoms with E-state index in [0.29, 0.717) is 24.7 Å². The van der Waals surface area contributed by atoms with E-state index in [-0.39, 0.29) is 11.5 Å². The van der Waals surface area contributed by atoms with Crippen LogP contribution >= 0.6 is 0 Å². The second-order valence-corrected chi connectivity index (χ2v) is 6.83. The van der Waals surface area contributed by atoms with Gasteiger partial charge in [0.2, 0.25) is 0 Å². The van der Waals surface area contributed by atoms with Gasteiger partial charge in [-0.05, 0) is 23.3 Å². The first-order valence-corrected chi connectivity index (χ1v) is 8.27. The number of carbonyl (C=O) groups is 1. The molecule has 2 aromatic rings. The summed E-state index contributed by atoms with van der Waals surface area (Å²) in [6.07, 6.45) is -0.396. The zero-order valence-electron chi connectivity index (χ0n) is 14.7. The van der Waals surface area contributed by atoms with Gasteiger partial charge in [0.1, 0.15) is 13.2 Å². The number of cyclic esters (lactones) is 1. The highest BCUT2D eigenvalue weighted by Crippen LogP contribution is 2.39. The minimum absolute atomic E-state index is 0.154. The van der Waals surface area contributed by atoms with Crippen molar-refractivity contribution in [2.45, 2.75) is 26.5 Å². The van der Waals surface area contributed by atoms with Gasteiger partial charge in [0.15, 0.2) is 11.5 Å². The molecule has 0 saturated carbocycles. The van der Waals surface area contributed by atoms with Crippen molar-refractivity contribution in [3.8, 4) is 11.5 Å². The molecule has 0 aliphatic carbocycles. The van der Waals surface area contributed by atoms with Gasteiger partial charge in [-0.3, -0.25) is 0 Å². The molecule has 1 N–H and O–H groups in total. The van der Waals surface area contributed by atoms with Crippen LogP contribution in [-0.4, -0.2) is 19.8 Å². The number of hydrogen-bond donors (Lipinski definition) is 1. The van der Waals surface area contributed by atoms with E-state index in [1.165, 1.54) is 0 Å². The molecule has 0 aromatic heterocycles. The van der Waals surface area contributed by atoms with Gasteiger partial charge in [0.25, 0.3) is 0 Å². The molecule has 1 aliphatic heterocycles. The van der Waals surface area contributed by atoms with Gasteiger partial charge >= 0.3 is 6.09 Å². The van der Waals surface area contributed by atoms with Crippen molar-refractivity contribution < 1.29 is 19.0 Å². The number of methoxy groups -OCH3 is 1. The van der Waals surface area contributed by atoms with E-state index in [2.05, 4.69) is 19.2 Å². The summed E-state index contributed by atoms with van der Waals surface area (Å²) in [5, 5.41) is 2.90. The van der Waals surface area contributed by atoms with Gasteiger partial charge < -0.3 is 19.5 Å². The zero-order chi connectivity index (χ0) is 17.9. The summed E-state index contributed by atoms with van der Waals surface area (Å²) >= 11 is 0. The van der Waals surface area contributed by atoms with Crippen molar-refractivity contribution in [2.75, 3.05) is 13.7 Å². The Bertz CT molecular complexity index is 743. The number of benzene rings is 2. The SMILES string of the molecule is COc1ccc([C@@H]2NC(=O)OCC2(C)C)cc1OCc1ccccc1. The van der Waals surface area contributed by atoms with Crippen LogP contribution in [0.5, 0.6) is 11.5 Å². The highest BCUT2D eigenvalue weighted by molar-refractivity contribution is 5.69. The van der Waals surface area contributed by atoms with Crippen molar-refractivity contribution in [3.05, 3.63) is 59.7 Å². The maximum absolute atomic E-state index is 11.7. The van der Waals surface area contributed by atoms with Crippen LogP contribution in [0, 0.1) is 5.41 Å². The van der Waals surface area contributed by atoms with Crippen LogP contribution in [0.4, 0.5) is 4.79 Å². The number of rotatable bonds is 5. The summed E-state index contributed by atoms with van der Waals surface area (Å²) in [4.78, 5) is 11.7. The largest absolute Gasteiger partial charge is 0.493 e. The molecule has 1 aliphatic rings. The quantitative estimate of drug-likeness (QED) is 0.890. The second kappa shape index (κ2) is 7.05. The van der Waals surface area contributed by atoms with Crippen molar-refractivity contribution in [2.24, 2.45) is 5.41 Å². The van der Waals surface area contributed by atoms with Crippen molar-refractivity contribution in [3.63, 3.8) is 0 Å². The normalized spacial score (nSPS) is 18.8. The van der Waals surface area contributed by atoms with E-state index in [0.717, 1.165) is 11.1 Å². The Kier molecular flexibility index (Phi) is 4.83. The Morgan fingerprint density at radius 2 is 1.92 bits per heavy atom. The molecular formula is C20H23NO4. The summed E-state index contributed by atoms with van der Waals surface area (Å²) in [5.41, 5.74) is 1.82. The molecule has 1 atom stereocenters. The monoisotopic (exact) mass is 341 g/mol. The fourth-order valence-corrected chi connectivity index (χ4v) is 2.95. The predicted octanol–water partition coefficient (Wildman–Crippen LogP) is 4.08. The standard InChI is InChI=1S/C20H23NO4/c1-20(2)13-25-19(22)21-18(20)15-9-10-16(23-3)17(11-15)24-12-14-7-5-4-6-8-14/h4-11,18H,12-13H2,1-3H3,(H,21,22)/t18-/m0/s1. The lowest BCUT2D eigenvalue weighted by Gasteiger charge is -2.38. The third-order valence-electron chi connectivity index (χ3n) is 4.38. The van der Waals surface area contributed by atoms with Crippen LogP contribution in [0.2, 0.25) is 0 Å². The Labute approximate surface area is 147 Å². The van der Waals surface area contributed by atoms with Gasteiger partial charge in [-0.25, -0.2) is 4.79 Å². The fourth-order valence-electron chi connectivity index (χ4n) is 2.95. The number of alkyl carbamates (subject to hydrolysis) is 1. The minimum atomic E-state index is -0.396. The maximum atomic E-state index is 11.7. The molecular weight excluding hydrogens is 318 g/mol. The molecule has 0 spiro atoms. The van der Waals surface area contributed by atoms with Crippen LogP contribution < -0.4 is 14.8 Å². The molecule has 1 amide bonds. The first kappa shape index (κ1) is 17.1. The number of nitrogens with one attached hydrogen (secondary N) is 1. The van der Waals surface area contributed by atoms with Crippen LogP contribution in [0.3, 0.4) is 0 Å². The summed E-state index contributed by atoms with van der Waals surface area (Å²) in [6, 6.07) is 15.5. The molecule has 1 heterocycles. The van der Waals surface area contributed by atoms with Crippen molar-refractivity contribution in [1.82, 2.24) is 5.32 Å². The first-order chi connectivity index (χ1) is 12.0. The smallest absolute Gasteiger partial charge is 0.407 e. The molecule has 0 bridgehead atoms. The first-order valence-electron chi connectivity index (χ1n) is 8.27. The zero-order valence-corrected chi connectivity index (χ0v) is 14.7. The molecule has 3 rings (SSSR count). The van der Waals surface area contributed by atoms with E-state index in [1.807, 2.05) is 48.5 Å².